The molecule has 0 spiro atoms. The van der Waals surface area contributed by atoms with E-state index < -0.39 is 0 Å². The van der Waals surface area contributed by atoms with Gasteiger partial charge in [0.1, 0.15) is 5.58 Å². The molecule has 0 atom stereocenters. The van der Waals surface area contributed by atoms with Crippen molar-refractivity contribution in [2.24, 2.45) is 0 Å². The van der Waals surface area contributed by atoms with Crippen LogP contribution in [0.1, 0.15) is 115 Å². The fourth-order valence-corrected chi connectivity index (χ4v) is 9.79. The first-order chi connectivity index (χ1) is 25.4. The maximum Gasteiger partial charge on any atom is 0.297 e. The first-order valence-corrected chi connectivity index (χ1v) is 20.0. The van der Waals surface area contributed by atoms with Gasteiger partial charge in [-0.15, -0.1) is 0 Å². The molecule has 0 saturated heterocycles. The Kier molecular flexibility index (Phi) is 7.41. The molecule has 1 aromatic heterocycles. The van der Waals surface area contributed by atoms with Gasteiger partial charge in [0.25, 0.3) is 6.71 Å². The summed E-state index contributed by atoms with van der Waals surface area (Å²) in [6.45, 7) is 28.2. The van der Waals surface area contributed by atoms with Crippen LogP contribution < -0.4 is 26.4 Å². The molecule has 3 heterocycles. The largest absolute Gasteiger partial charge is 0.468 e. The predicted molar refractivity (Wildman–Crippen MR) is 232 cm³/mol. The molecule has 0 amide bonds. The second-order valence-electron chi connectivity index (χ2n) is 19.9. The van der Waals surface area contributed by atoms with Crippen LogP contribution in [0.25, 0.3) is 11.0 Å². The lowest BCUT2D eigenvalue weighted by Gasteiger charge is -2.49. The Hall–Kier alpha value is -4.70. The summed E-state index contributed by atoms with van der Waals surface area (Å²) >= 11 is 0. The third-order valence-corrected chi connectivity index (χ3v) is 13.0. The van der Waals surface area contributed by atoms with Crippen LogP contribution in [-0.4, -0.2) is 6.71 Å². The highest BCUT2D eigenvalue weighted by Crippen LogP contribution is 2.54. The molecule has 9 rings (SSSR count). The van der Waals surface area contributed by atoms with Crippen molar-refractivity contribution in [2.45, 2.75) is 118 Å². The van der Waals surface area contributed by atoms with Gasteiger partial charge in [-0.1, -0.05) is 118 Å². The van der Waals surface area contributed by atoms with E-state index >= 15 is 0 Å². The van der Waals surface area contributed by atoms with Crippen molar-refractivity contribution in [2.75, 3.05) is 9.80 Å². The third-order valence-electron chi connectivity index (χ3n) is 13.0. The van der Waals surface area contributed by atoms with Gasteiger partial charge in [-0.2, -0.15) is 0 Å². The molecule has 2 aliphatic heterocycles. The normalized spacial score (nSPS) is 16.9. The number of para-hydroxylation sites is 1. The van der Waals surface area contributed by atoms with Crippen LogP contribution in [0.2, 0.25) is 0 Å². The number of fused-ring (bicyclic) bond motifs is 8. The molecule has 0 fully saturated rings. The van der Waals surface area contributed by atoms with Gasteiger partial charge < -0.3 is 14.2 Å². The van der Waals surface area contributed by atoms with Crippen LogP contribution in [0.3, 0.4) is 0 Å². The Balaban J connectivity index is 1.42. The topological polar surface area (TPSA) is 19.6 Å². The summed E-state index contributed by atoms with van der Waals surface area (Å²) in [4.78, 5) is 5.16. The SMILES string of the molecule is Cc1cc2c3c(c1)N(c1ccc(C(C)(C)C)cc1)c1c(oc4ccccc14)B3c1ccc3c(c1N2c1ccc(C(C)(C)C)cc1C)C(C)(C)CCC3(C)C. The molecule has 5 aromatic carbocycles. The van der Waals surface area contributed by atoms with Crippen molar-refractivity contribution in [3.05, 3.63) is 124 Å². The Morgan fingerprint density at radius 2 is 1.26 bits per heavy atom. The first kappa shape index (κ1) is 35.0. The van der Waals surface area contributed by atoms with Crippen LogP contribution in [-0.2, 0) is 21.7 Å². The molecule has 3 aliphatic rings. The van der Waals surface area contributed by atoms with E-state index in [1.165, 1.54) is 73.5 Å². The number of aryl methyl sites for hydroxylation is 2. The molecule has 274 valence electrons. The fraction of sp³-hybridized carbons (Fsp3) is 0.360. The molecular weight excluding hydrogens is 655 g/mol. The zero-order chi connectivity index (χ0) is 38.3. The molecule has 0 saturated carbocycles. The van der Waals surface area contributed by atoms with Gasteiger partial charge in [-0.05, 0) is 135 Å². The Morgan fingerprint density at radius 1 is 0.630 bits per heavy atom. The summed E-state index contributed by atoms with van der Waals surface area (Å²) in [7, 11) is 0. The molecule has 4 heteroatoms. The van der Waals surface area contributed by atoms with Crippen LogP contribution >= 0.6 is 0 Å². The summed E-state index contributed by atoms with van der Waals surface area (Å²) in [5.74, 6) is 0. The van der Waals surface area contributed by atoms with E-state index in [2.05, 4.69) is 184 Å². The highest BCUT2D eigenvalue weighted by Gasteiger charge is 2.50. The van der Waals surface area contributed by atoms with Crippen molar-refractivity contribution in [3.63, 3.8) is 0 Å². The minimum atomic E-state index is -0.0605. The standard InChI is InChI=1S/C50H55BN2O/c1-30-27-39-43-40(28-30)53(38-24-19-33(29-31(38)2)48(6,7)8)45-37(23-22-36-42(45)50(11,12)26-25-49(36,9)10)51(43)46-44(35-15-13-14-16-41(35)54-46)52(39)34-20-17-32(18-21-34)47(3,4)5/h13-24,27-29H,25-26H2,1-12H3. The van der Waals surface area contributed by atoms with Gasteiger partial charge >= 0.3 is 0 Å². The quantitative estimate of drug-likeness (QED) is 0.167. The number of hydrogen-bond acceptors (Lipinski definition) is 3. The highest BCUT2D eigenvalue weighted by atomic mass is 16.3. The van der Waals surface area contributed by atoms with Crippen molar-refractivity contribution < 1.29 is 4.42 Å². The average Bonchev–Trinajstić information content (AvgIpc) is 3.48. The average molecular weight is 711 g/mol. The second-order valence-corrected chi connectivity index (χ2v) is 19.9. The Bertz CT molecular complexity index is 2500. The Labute approximate surface area is 323 Å². The smallest absolute Gasteiger partial charge is 0.297 e. The molecule has 3 nitrogen and oxygen atoms in total. The lowest BCUT2D eigenvalue weighted by Crippen LogP contribution is -2.61. The summed E-state index contributed by atoms with van der Waals surface area (Å²) < 4.78 is 7.15. The second kappa shape index (κ2) is 11.4. The van der Waals surface area contributed by atoms with E-state index in [-0.39, 0.29) is 28.4 Å². The van der Waals surface area contributed by atoms with Gasteiger partial charge in [0.05, 0.1) is 11.3 Å². The molecule has 54 heavy (non-hydrogen) atoms. The van der Waals surface area contributed by atoms with E-state index in [0.29, 0.717) is 0 Å². The number of anilines is 6. The summed E-state index contributed by atoms with van der Waals surface area (Å²) in [5, 5.41) is 1.15. The van der Waals surface area contributed by atoms with Gasteiger partial charge in [-0.3, -0.25) is 0 Å². The maximum atomic E-state index is 7.15. The summed E-state index contributed by atoms with van der Waals surface area (Å²) in [6.07, 6.45) is 2.31. The van der Waals surface area contributed by atoms with Crippen LogP contribution in [0.15, 0.2) is 95.4 Å². The summed E-state index contributed by atoms with van der Waals surface area (Å²) in [5.41, 5.74) is 20.4. The third kappa shape index (κ3) is 5.08. The molecule has 0 radical (unpaired) electrons. The van der Waals surface area contributed by atoms with Crippen molar-refractivity contribution in [3.8, 4) is 0 Å². The van der Waals surface area contributed by atoms with Crippen molar-refractivity contribution in [1.82, 2.24) is 0 Å². The van der Waals surface area contributed by atoms with Crippen LogP contribution in [0, 0.1) is 13.8 Å². The zero-order valence-corrected chi connectivity index (χ0v) is 34.5. The predicted octanol–water partition coefficient (Wildman–Crippen LogP) is 12.1. The van der Waals surface area contributed by atoms with E-state index in [4.69, 9.17) is 4.42 Å². The minimum absolute atomic E-state index is 0.00985. The van der Waals surface area contributed by atoms with Gasteiger partial charge in [-0.25, -0.2) is 0 Å². The molecule has 1 aliphatic carbocycles. The van der Waals surface area contributed by atoms with Crippen molar-refractivity contribution in [1.29, 1.82) is 0 Å². The number of rotatable bonds is 2. The highest BCUT2D eigenvalue weighted by molar-refractivity contribution is 7.00. The van der Waals surface area contributed by atoms with E-state index in [1.807, 2.05) is 0 Å². The lowest BCUT2D eigenvalue weighted by molar-refractivity contribution is 0.333. The molecule has 0 N–H and O–H groups in total. The minimum Gasteiger partial charge on any atom is -0.468 e. The lowest BCUT2D eigenvalue weighted by atomic mass is 9.35. The molecule has 0 unspecified atom stereocenters. The Morgan fingerprint density at radius 3 is 1.93 bits per heavy atom. The first-order valence-electron chi connectivity index (χ1n) is 20.0. The number of hydrogen-bond donors (Lipinski definition) is 0. The number of furan rings is 1. The fourth-order valence-electron chi connectivity index (χ4n) is 9.79. The summed E-state index contributed by atoms with van der Waals surface area (Å²) in [6, 6.07) is 34.9. The van der Waals surface area contributed by atoms with Crippen molar-refractivity contribution >= 4 is 68.4 Å². The van der Waals surface area contributed by atoms with Gasteiger partial charge in [0.15, 0.2) is 0 Å². The van der Waals surface area contributed by atoms with Crippen LogP contribution in [0.4, 0.5) is 34.1 Å². The number of benzene rings is 5. The molecule has 6 aromatic rings. The maximum absolute atomic E-state index is 7.15. The van der Waals surface area contributed by atoms with Gasteiger partial charge in [0, 0.05) is 33.8 Å². The number of nitrogens with zero attached hydrogens (tertiary/aromatic N) is 2. The van der Waals surface area contributed by atoms with E-state index in [1.54, 1.807) is 0 Å². The molecule has 0 bridgehead atoms. The molecular formula is C50H55BN2O. The van der Waals surface area contributed by atoms with E-state index in [0.717, 1.165) is 34.4 Å². The zero-order valence-electron chi connectivity index (χ0n) is 34.5. The van der Waals surface area contributed by atoms with Gasteiger partial charge in [0.2, 0.25) is 0 Å². The van der Waals surface area contributed by atoms with E-state index in [9.17, 15) is 0 Å². The van der Waals surface area contributed by atoms with Crippen LogP contribution in [0.5, 0.6) is 0 Å². The monoisotopic (exact) mass is 710 g/mol.